The van der Waals surface area contributed by atoms with Crippen LogP contribution in [0.3, 0.4) is 0 Å². The van der Waals surface area contributed by atoms with Crippen LogP contribution in [0.15, 0.2) is 71.8 Å². The smallest absolute Gasteiger partial charge is 0.271 e. The molecule has 0 aliphatic heterocycles. The van der Waals surface area contributed by atoms with Crippen LogP contribution in [0, 0.1) is 0 Å². The van der Waals surface area contributed by atoms with Crippen molar-refractivity contribution in [2.24, 2.45) is 5.10 Å². The Kier molecular flexibility index (Phi) is 6.46. The van der Waals surface area contributed by atoms with E-state index < -0.39 is 0 Å². The number of para-hydroxylation sites is 1. The second-order valence-corrected chi connectivity index (χ2v) is 7.11. The number of amides is 1. The van der Waals surface area contributed by atoms with Crippen molar-refractivity contribution in [1.29, 1.82) is 0 Å². The minimum Gasteiger partial charge on any atom is -0.493 e. The third-order valence-electron chi connectivity index (χ3n) is 4.84. The SMILES string of the molecule is CCCOc1c(/C=N/NC(=O)c2ccc3nc(-c4ccccc4)[nH]c3c2)cccc1OC. The lowest BCUT2D eigenvalue weighted by Crippen LogP contribution is -2.17. The van der Waals surface area contributed by atoms with E-state index in [-0.39, 0.29) is 5.91 Å². The van der Waals surface area contributed by atoms with Crippen molar-refractivity contribution >= 4 is 23.2 Å². The number of benzene rings is 3. The molecule has 7 nitrogen and oxygen atoms in total. The number of nitrogens with zero attached hydrogens (tertiary/aromatic N) is 2. The largest absolute Gasteiger partial charge is 0.493 e. The quantitative estimate of drug-likeness (QED) is 0.312. The standard InChI is InChI=1S/C25H24N4O3/c1-3-14-32-23-19(10-7-11-22(23)31-2)16-26-29-25(30)18-12-13-20-21(15-18)28-24(27-20)17-8-5-4-6-9-17/h4-13,15-16H,3,14H2,1-2H3,(H,27,28)(H,29,30)/b26-16+. The minimum atomic E-state index is -0.321. The van der Waals surface area contributed by atoms with Gasteiger partial charge >= 0.3 is 0 Å². The summed E-state index contributed by atoms with van der Waals surface area (Å²) >= 11 is 0. The fourth-order valence-electron chi connectivity index (χ4n) is 3.26. The van der Waals surface area contributed by atoms with Gasteiger partial charge in [0, 0.05) is 16.7 Å². The lowest BCUT2D eigenvalue weighted by Gasteiger charge is -2.12. The third kappa shape index (κ3) is 4.62. The molecule has 0 fully saturated rings. The lowest BCUT2D eigenvalue weighted by atomic mass is 10.2. The number of carbonyl (C=O) groups is 1. The summed E-state index contributed by atoms with van der Waals surface area (Å²) in [5.41, 5.74) is 6.32. The minimum absolute atomic E-state index is 0.321. The summed E-state index contributed by atoms with van der Waals surface area (Å²) in [5.74, 6) is 1.65. The Morgan fingerprint density at radius 3 is 2.75 bits per heavy atom. The second-order valence-electron chi connectivity index (χ2n) is 7.11. The molecule has 0 radical (unpaired) electrons. The van der Waals surface area contributed by atoms with E-state index in [0.29, 0.717) is 23.7 Å². The van der Waals surface area contributed by atoms with E-state index in [0.717, 1.165) is 34.4 Å². The van der Waals surface area contributed by atoms with Crippen molar-refractivity contribution in [3.05, 3.63) is 77.9 Å². The molecule has 32 heavy (non-hydrogen) atoms. The number of hydrogen-bond acceptors (Lipinski definition) is 5. The first-order valence-corrected chi connectivity index (χ1v) is 10.4. The molecule has 0 spiro atoms. The summed E-state index contributed by atoms with van der Waals surface area (Å²) in [6, 6.07) is 20.7. The van der Waals surface area contributed by atoms with E-state index >= 15 is 0 Å². The van der Waals surface area contributed by atoms with Crippen LogP contribution in [0.2, 0.25) is 0 Å². The molecule has 0 atom stereocenters. The molecule has 0 saturated carbocycles. The number of ether oxygens (including phenoxy) is 2. The van der Waals surface area contributed by atoms with Crippen LogP contribution < -0.4 is 14.9 Å². The van der Waals surface area contributed by atoms with Gasteiger partial charge in [-0.05, 0) is 36.8 Å². The number of hydrogen-bond donors (Lipinski definition) is 2. The van der Waals surface area contributed by atoms with E-state index in [2.05, 4.69) is 20.5 Å². The Morgan fingerprint density at radius 2 is 1.97 bits per heavy atom. The first-order chi connectivity index (χ1) is 15.7. The van der Waals surface area contributed by atoms with Gasteiger partial charge in [-0.25, -0.2) is 10.4 Å². The highest BCUT2D eigenvalue weighted by atomic mass is 16.5. The first kappa shape index (κ1) is 21.1. The van der Waals surface area contributed by atoms with Crippen LogP contribution >= 0.6 is 0 Å². The fourth-order valence-corrected chi connectivity index (χ4v) is 3.26. The zero-order valence-corrected chi connectivity index (χ0v) is 18.0. The summed E-state index contributed by atoms with van der Waals surface area (Å²) in [5, 5.41) is 4.11. The molecule has 0 unspecified atom stereocenters. The maximum Gasteiger partial charge on any atom is 0.271 e. The van der Waals surface area contributed by atoms with Crippen LogP contribution in [0.4, 0.5) is 0 Å². The van der Waals surface area contributed by atoms with Crippen molar-refractivity contribution in [2.45, 2.75) is 13.3 Å². The molecule has 162 valence electrons. The monoisotopic (exact) mass is 428 g/mol. The summed E-state index contributed by atoms with van der Waals surface area (Å²) in [7, 11) is 1.59. The molecule has 4 aromatic rings. The maximum atomic E-state index is 12.6. The Hall–Kier alpha value is -4.13. The molecule has 1 heterocycles. The molecule has 0 saturated heterocycles. The number of methoxy groups -OCH3 is 1. The van der Waals surface area contributed by atoms with E-state index in [1.807, 2.05) is 61.5 Å². The highest BCUT2D eigenvalue weighted by Crippen LogP contribution is 2.30. The van der Waals surface area contributed by atoms with Gasteiger partial charge in [0.25, 0.3) is 5.91 Å². The highest BCUT2D eigenvalue weighted by Gasteiger charge is 2.11. The lowest BCUT2D eigenvalue weighted by molar-refractivity contribution is 0.0955. The normalized spacial score (nSPS) is 11.1. The molecule has 1 aromatic heterocycles. The van der Waals surface area contributed by atoms with E-state index in [9.17, 15) is 4.79 Å². The summed E-state index contributed by atoms with van der Waals surface area (Å²) in [4.78, 5) is 20.5. The summed E-state index contributed by atoms with van der Waals surface area (Å²) in [6.45, 7) is 2.59. The fraction of sp³-hybridized carbons (Fsp3) is 0.160. The van der Waals surface area contributed by atoms with E-state index in [1.165, 1.54) is 0 Å². The van der Waals surface area contributed by atoms with Gasteiger partial charge < -0.3 is 14.5 Å². The number of rotatable bonds is 8. The summed E-state index contributed by atoms with van der Waals surface area (Å²) < 4.78 is 11.2. The number of nitrogens with one attached hydrogen (secondary N) is 2. The van der Waals surface area contributed by atoms with Gasteiger partial charge in [-0.2, -0.15) is 5.10 Å². The first-order valence-electron chi connectivity index (χ1n) is 10.4. The van der Waals surface area contributed by atoms with Gasteiger partial charge in [-0.1, -0.05) is 43.3 Å². The van der Waals surface area contributed by atoms with Crippen LogP contribution in [-0.2, 0) is 0 Å². The molecular weight excluding hydrogens is 404 g/mol. The van der Waals surface area contributed by atoms with Crippen LogP contribution in [0.5, 0.6) is 11.5 Å². The van der Waals surface area contributed by atoms with Gasteiger partial charge in [-0.15, -0.1) is 0 Å². The molecule has 0 aliphatic rings. The number of aromatic nitrogens is 2. The van der Waals surface area contributed by atoms with Gasteiger partial charge in [0.2, 0.25) is 0 Å². The van der Waals surface area contributed by atoms with Crippen LogP contribution in [0.25, 0.3) is 22.4 Å². The third-order valence-corrected chi connectivity index (χ3v) is 4.84. The van der Waals surface area contributed by atoms with Gasteiger partial charge in [0.15, 0.2) is 11.5 Å². The van der Waals surface area contributed by atoms with Crippen LogP contribution in [0.1, 0.15) is 29.3 Å². The number of carbonyl (C=O) groups excluding carboxylic acids is 1. The highest BCUT2D eigenvalue weighted by molar-refractivity contribution is 5.98. The van der Waals surface area contributed by atoms with E-state index in [1.54, 1.807) is 25.5 Å². The zero-order chi connectivity index (χ0) is 22.3. The predicted molar refractivity (Wildman–Crippen MR) is 125 cm³/mol. The van der Waals surface area contributed by atoms with Gasteiger partial charge in [0.05, 0.1) is 31.0 Å². The number of fused-ring (bicyclic) bond motifs is 1. The molecule has 3 aromatic carbocycles. The van der Waals surface area contributed by atoms with Gasteiger partial charge in [0.1, 0.15) is 5.82 Å². The molecule has 7 heteroatoms. The topological polar surface area (TPSA) is 88.6 Å². The average molecular weight is 428 g/mol. The van der Waals surface area contributed by atoms with E-state index in [4.69, 9.17) is 9.47 Å². The molecule has 0 aliphatic carbocycles. The van der Waals surface area contributed by atoms with Crippen molar-refractivity contribution in [3.8, 4) is 22.9 Å². The molecule has 2 N–H and O–H groups in total. The van der Waals surface area contributed by atoms with Gasteiger partial charge in [-0.3, -0.25) is 4.79 Å². The Balaban J connectivity index is 1.50. The predicted octanol–water partition coefficient (Wildman–Crippen LogP) is 4.79. The molecule has 4 rings (SSSR count). The van der Waals surface area contributed by atoms with Crippen molar-refractivity contribution in [2.75, 3.05) is 13.7 Å². The molecule has 1 amide bonds. The van der Waals surface area contributed by atoms with Crippen molar-refractivity contribution in [3.63, 3.8) is 0 Å². The zero-order valence-electron chi connectivity index (χ0n) is 18.0. The Labute approximate surface area is 186 Å². The Bertz CT molecular complexity index is 1250. The Morgan fingerprint density at radius 1 is 1.12 bits per heavy atom. The number of aromatic amines is 1. The molecule has 0 bridgehead atoms. The number of hydrazone groups is 1. The summed E-state index contributed by atoms with van der Waals surface area (Å²) in [6.07, 6.45) is 2.42. The molecular formula is C25H24N4O3. The second kappa shape index (κ2) is 9.78. The number of H-pyrrole nitrogens is 1. The number of imidazole rings is 1. The van der Waals surface area contributed by atoms with Crippen molar-refractivity contribution < 1.29 is 14.3 Å². The maximum absolute atomic E-state index is 12.6. The average Bonchev–Trinajstić information content (AvgIpc) is 3.27. The van der Waals surface area contributed by atoms with Crippen molar-refractivity contribution in [1.82, 2.24) is 15.4 Å². The van der Waals surface area contributed by atoms with Crippen LogP contribution in [-0.4, -0.2) is 35.8 Å².